The van der Waals surface area contributed by atoms with Gasteiger partial charge in [-0.05, 0) is 28.8 Å². The van der Waals surface area contributed by atoms with E-state index in [1.54, 1.807) is 0 Å². The van der Waals surface area contributed by atoms with Crippen LogP contribution >= 0.6 is 0 Å². The van der Waals surface area contributed by atoms with Gasteiger partial charge in [-0.25, -0.2) is 14.0 Å². The molecule has 3 aromatic carbocycles. The molecule has 0 aliphatic heterocycles. The zero-order chi connectivity index (χ0) is 25.0. The quantitative estimate of drug-likeness (QED) is 0.435. The zero-order valence-corrected chi connectivity index (χ0v) is 19.3. The van der Waals surface area contributed by atoms with Gasteiger partial charge in [0.05, 0.1) is 7.11 Å². The molecule has 0 saturated heterocycles. The molecular weight excluding hydrogens is 451 g/mol. The van der Waals surface area contributed by atoms with Crippen LogP contribution in [0.1, 0.15) is 16.7 Å². The molecule has 182 valence electrons. The molecule has 2 N–H and O–H groups in total. The number of carbonyl (C=O) groups is 3. The van der Waals surface area contributed by atoms with Gasteiger partial charge in [0.25, 0.3) is 0 Å². The first-order valence-electron chi connectivity index (χ1n) is 11.1. The first-order valence-corrected chi connectivity index (χ1v) is 11.1. The average molecular weight is 479 g/mol. The topological polar surface area (TPSA) is 93.7 Å². The van der Waals surface area contributed by atoms with Crippen molar-refractivity contribution < 1.29 is 28.2 Å². The molecule has 0 aromatic heterocycles. The molecule has 3 rings (SSSR count). The number of hydrogen-bond acceptors (Lipinski definition) is 5. The average Bonchev–Trinajstić information content (AvgIpc) is 2.88. The van der Waals surface area contributed by atoms with E-state index in [0.29, 0.717) is 5.56 Å². The van der Waals surface area contributed by atoms with Crippen molar-refractivity contribution in [3.8, 4) is 0 Å². The number of alkyl carbamates (subject to hydrolysis) is 1. The lowest BCUT2D eigenvalue weighted by molar-refractivity contribution is -0.145. The second-order valence-corrected chi connectivity index (χ2v) is 7.86. The summed E-state index contributed by atoms with van der Waals surface area (Å²) < 4.78 is 23.4. The Morgan fingerprint density at radius 3 is 1.89 bits per heavy atom. The van der Waals surface area contributed by atoms with Crippen LogP contribution in [0.3, 0.4) is 0 Å². The van der Waals surface area contributed by atoms with Gasteiger partial charge in [0.1, 0.15) is 24.5 Å². The van der Waals surface area contributed by atoms with E-state index in [1.165, 1.54) is 31.4 Å². The Bertz CT molecular complexity index is 1110. The van der Waals surface area contributed by atoms with Crippen LogP contribution in [0.5, 0.6) is 0 Å². The molecule has 3 aromatic rings. The van der Waals surface area contributed by atoms with Gasteiger partial charge in [0, 0.05) is 12.8 Å². The van der Waals surface area contributed by atoms with E-state index in [4.69, 9.17) is 9.47 Å². The fourth-order valence-corrected chi connectivity index (χ4v) is 3.43. The smallest absolute Gasteiger partial charge is 0.408 e. The summed E-state index contributed by atoms with van der Waals surface area (Å²) in [5.74, 6) is -1.65. The molecule has 0 aliphatic rings. The third kappa shape index (κ3) is 8.26. The van der Waals surface area contributed by atoms with Crippen molar-refractivity contribution in [1.82, 2.24) is 10.6 Å². The molecular formula is C27H27FN2O5. The lowest BCUT2D eigenvalue weighted by atomic mass is 10.0. The van der Waals surface area contributed by atoms with E-state index >= 15 is 0 Å². The Morgan fingerprint density at radius 2 is 1.29 bits per heavy atom. The lowest BCUT2D eigenvalue weighted by Crippen LogP contribution is -2.53. The maximum Gasteiger partial charge on any atom is 0.408 e. The van der Waals surface area contributed by atoms with Crippen molar-refractivity contribution in [2.45, 2.75) is 31.5 Å². The van der Waals surface area contributed by atoms with Gasteiger partial charge in [0.15, 0.2) is 0 Å². The molecule has 0 aliphatic carbocycles. The lowest BCUT2D eigenvalue weighted by Gasteiger charge is -2.22. The Kier molecular flexibility index (Phi) is 9.36. The van der Waals surface area contributed by atoms with Crippen LogP contribution in [-0.4, -0.2) is 37.2 Å². The summed E-state index contributed by atoms with van der Waals surface area (Å²) in [5.41, 5.74) is 2.25. The normalized spacial score (nSPS) is 12.2. The first-order chi connectivity index (χ1) is 16.9. The van der Waals surface area contributed by atoms with Crippen molar-refractivity contribution in [2.24, 2.45) is 0 Å². The van der Waals surface area contributed by atoms with Crippen molar-refractivity contribution in [3.05, 3.63) is 107 Å². The molecule has 0 radical (unpaired) electrons. The van der Waals surface area contributed by atoms with Crippen molar-refractivity contribution >= 4 is 18.0 Å². The molecule has 0 fully saturated rings. The number of nitrogens with one attached hydrogen (secondary N) is 2. The fraction of sp³-hybridized carbons (Fsp3) is 0.222. The summed E-state index contributed by atoms with van der Waals surface area (Å²) in [6.45, 7) is 0.0434. The molecule has 2 atom stereocenters. The predicted molar refractivity (Wildman–Crippen MR) is 128 cm³/mol. The van der Waals surface area contributed by atoms with E-state index in [1.807, 2.05) is 60.7 Å². The summed E-state index contributed by atoms with van der Waals surface area (Å²) in [6, 6.07) is 21.8. The van der Waals surface area contributed by atoms with E-state index in [-0.39, 0.29) is 19.4 Å². The highest BCUT2D eigenvalue weighted by atomic mass is 19.1. The van der Waals surface area contributed by atoms with E-state index in [0.717, 1.165) is 11.1 Å². The van der Waals surface area contributed by atoms with Crippen molar-refractivity contribution in [2.75, 3.05) is 7.11 Å². The second kappa shape index (κ2) is 12.9. The largest absolute Gasteiger partial charge is 0.467 e. The minimum atomic E-state index is -1.03. The summed E-state index contributed by atoms with van der Waals surface area (Å²) in [7, 11) is 1.22. The summed E-state index contributed by atoms with van der Waals surface area (Å²) >= 11 is 0. The highest BCUT2D eigenvalue weighted by molar-refractivity contribution is 5.90. The van der Waals surface area contributed by atoms with Gasteiger partial charge in [0.2, 0.25) is 5.91 Å². The third-order valence-electron chi connectivity index (χ3n) is 5.26. The zero-order valence-electron chi connectivity index (χ0n) is 19.3. The minimum absolute atomic E-state index is 0.0434. The van der Waals surface area contributed by atoms with E-state index in [9.17, 15) is 18.8 Å². The van der Waals surface area contributed by atoms with Crippen LogP contribution in [0.2, 0.25) is 0 Å². The molecule has 0 spiro atoms. The first kappa shape index (κ1) is 25.4. The Balaban J connectivity index is 1.71. The summed E-state index contributed by atoms with van der Waals surface area (Å²) in [4.78, 5) is 38.0. The van der Waals surface area contributed by atoms with Crippen LogP contribution in [0.15, 0.2) is 84.9 Å². The number of esters is 1. The molecule has 0 saturated carbocycles. The molecule has 2 amide bonds. The Labute approximate surface area is 203 Å². The van der Waals surface area contributed by atoms with Crippen LogP contribution in [-0.2, 0) is 38.5 Å². The van der Waals surface area contributed by atoms with Crippen molar-refractivity contribution in [3.63, 3.8) is 0 Å². The molecule has 0 unspecified atom stereocenters. The van der Waals surface area contributed by atoms with Gasteiger partial charge in [-0.2, -0.15) is 0 Å². The Hall–Kier alpha value is -4.20. The fourth-order valence-electron chi connectivity index (χ4n) is 3.43. The number of methoxy groups -OCH3 is 1. The standard InChI is InChI=1S/C27H27FN2O5/c1-34-26(32)24(17-20-12-14-22(28)15-13-20)29-25(31)23(16-19-8-4-2-5-9-19)30-27(33)35-18-21-10-6-3-7-11-21/h2-15,23-24H,16-18H2,1H3,(H,29,31)(H,30,33)/t23-,24-/m0/s1. The number of ether oxygens (including phenoxy) is 2. The number of benzene rings is 3. The molecule has 35 heavy (non-hydrogen) atoms. The number of hydrogen-bond donors (Lipinski definition) is 2. The summed E-state index contributed by atoms with van der Waals surface area (Å²) in [5, 5.41) is 5.25. The maximum absolute atomic E-state index is 13.3. The molecule has 7 nitrogen and oxygen atoms in total. The summed E-state index contributed by atoms with van der Waals surface area (Å²) in [6.07, 6.45) is -0.495. The highest BCUT2D eigenvalue weighted by Gasteiger charge is 2.28. The second-order valence-electron chi connectivity index (χ2n) is 7.86. The molecule has 8 heteroatoms. The maximum atomic E-state index is 13.3. The van der Waals surface area contributed by atoms with Crippen LogP contribution in [0.25, 0.3) is 0 Å². The van der Waals surface area contributed by atoms with E-state index in [2.05, 4.69) is 10.6 Å². The van der Waals surface area contributed by atoms with E-state index < -0.39 is 35.9 Å². The number of rotatable bonds is 10. The monoisotopic (exact) mass is 478 g/mol. The predicted octanol–water partition coefficient (Wildman–Crippen LogP) is 3.56. The number of halogens is 1. The molecule has 0 heterocycles. The van der Waals surface area contributed by atoms with Crippen LogP contribution in [0, 0.1) is 5.82 Å². The molecule has 0 bridgehead atoms. The van der Waals surface area contributed by atoms with Crippen LogP contribution in [0.4, 0.5) is 9.18 Å². The number of amides is 2. The number of carbonyl (C=O) groups excluding carboxylic acids is 3. The van der Waals surface area contributed by atoms with Gasteiger partial charge < -0.3 is 20.1 Å². The van der Waals surface area contributed by atoms with Gasteiger partial charge in [-0.1, -0.05) is 72.8 Å². The van der Waals surface area contributed by atoms with Gasteiger partial charge in [-0.15, -0.1) is 0 Å². The van der Waals surface area contributed by atoms with Crippen molar-refractivity contribution in [1.29, 1.82) is 0 Å². The third-order valence-corrected chi connectivity index (χ3v) is 5.26. The SMILES string of the molecule is COC(=O)[C@H](Cc1ccc(F)cc1)NC(=O)[C@H](Cc1ccccc1)NC(=O)OCc1ccccc1. The highest BCUT2D eigenvalue weighted by Crippen LogP contribution is 2.09. The minimum Gasteiger partial charge on any atom is -0.467 e. The van der Waals surface area contributed by atoms with Crippen LogP contribution < -0.4 is 10.6 Å². The van der Waals surface area contributed by atoms with Gasteiger partial charge in [-0.3, -0.25) is 4.79 Å². The van der Waals surface area contributed by atoms with Gasteiger partial charge >= 0.3 is 12.1 Å². The Morgan fingerprint density at radius 1 is 0.743 bits per heavy atom.